The van der Waals surface area contributed by atoms with Crippen molar-refractivity contribution in [1.82, 2.24) is 9.97 Å². The molecular weight excluding hydrogens is 216 g/mol. The van der Waals surface area contributed by atoms with Gasteiger partial charge in [0.15, 0.2) is 11.6 Å². The van der Waals surface area contributed by atoms with Gasteiger partial charge in [-0.25, -0.2) is 9.97 Å². The number of aromatic hydroxyl groups is 1. The second kappa shape index (κ2) is 3.66. The first-order valence-corrected chi connectivity index (χ1v) is 5.42. The first-order valence-electron chi connectivity index (χ1n) is 5.42. The Balaban J connectivity index is 2.08. The molecule has 0 spiro atoms. The first kappa shape index (κ1) is 9.96. The average Bonchev–Trinajstić information content (AvgIpc) is 2.72. The Morgan fingerprint density at radius 3 is 2.65 bits per heavy atom. The Morgan fingerprint density at radius 2 is 1.88 bits per heavy atom. The number of fused-ring (bicyclic) bond motifs is 1. The Labute approximate surface area is 98.0 Å². The molecule has 1 aromatic carbocycles. The maximum Gasteiger partial charge on any atom is 0.181 e. The molecule has 84 valence electrons. The molecule has 0 saturated heterocycles. The number of hydrogen-bond donors (Lipinski definition) is 1. The number of hydrogen-bond acceptors (Lipinski definition) is 4. The lowest BCUT2D eigenvalue weighted by Gasteiger charge is -2.02. The van der Waals surface area contributed by atoms with Gasteiger partial charge in [0, 0.05) is 23.7 Å². The van der Waals surface area contributed by atoms with E-state index in [-0.39, 0.29) is 11.5 Å². The Bertz CT molecular complexity index is 591. The fourth-order valence-corrected chi connectivity index (χ4v) is 1.95. The van der Waals surface area contributed by atoms with Crippen molar-refractivity contribution >= 4 is 5.78 Å². The van der Waals surface area contributed by atoms with Gasteiger partial charge in [-0.05, 0) is 30.7 Å². The van der Waals surface area contributed by atoms with Gasteiger partial charge in [-0.15, -0.1) is 0 Å². The summed E-state index contributed by atoms with van der Waals surface area (Å²) in [7, 11) is 0. The van der Waals surface area contributed by atoms with E-state index in [0.717, 1.165) is 17.5 Å². The number of carbonyl (C=O) groups excluding carboxylic acids is 1. The van der Waals surface area contributed by atoms with E-state index in [1.807, 2.05) is 0 Å². The van der Waals surface area contributed by atoms with Crippen molar-refractivity contribution in [3.8, 4) is 17.1 Å². The number of benzene rings is 1. The molecule has 1 N–H and O–H groups in total. The van der Waals surface area contributed by atoms with E-state index in [1.54, 1.807) is 30.5 Å². The van der Waals surface area contributed by atoms with Crippen molar-refractivity contribution in [3.63, 3.8) is 0 Å². The van der Waals surface area contributed by atoms with Crippen LogP contribution in [0.25, 0.3) is 11.4 Å². The highest BCUT2D eigenvalue weighted by molar-refractivity contribution is 5.98. The molecule has 2 aromatic rings. The summed E-state index contributed by atoms with van der Waals surface area (Å²) >= 11 is 0. The van der Waals surface area contributed by atoms with Crippen molar-refractivity contribution in [1.29, 1.82) is 0 Å². The number of nitrogens with zero attached hydrogens (tertiary/aromatic N) is 2. The van der Waals surface area contributed by atoms with E-state index in [4.69, 9.17) is 0 Å². The molecular formula is C13H10N2O2. The van der Waals surface area contributed by atoms with Crippen molar-refractivity contribution in [2.45, 2.75) is 12.8 Å². The SMILES string of the molecule is O=C1CCc2cnc(-c3ccc(O)cc3)nc21. The summed E-state index contributed by atoms with van der Waals surface area (Å²) in [4.78, 5) is 20.1. The number of Topliss-reactive ketones (excluding diaryl/α,β-unsaturated/α-hetero) is 1. The van der Waals surface area contributed by atoms with Crippen LogP contribution in [0.4, 0.5) is 0 Å². The summed E-state index contributed by atoms with van der Waals surface area (Å²) in [5, 5.41) is 9.21. The number of phenols is 1. The van der Waals surface area contributed by atoms with Crippen LogP contribution in [-0.2, 0) is 6.42 Å². The lowest BCUT2D eigenvalue weighted by Crippen LogP contribution is -1.99. The van der Waals surface area contributed by atoms with Gasteiger partial charge < -0.3 is 5.11 Å². The van der Waals surface area contributed by atoms with E-state index in [2.05, 4.69) is 9.97 Å². The van der Waals surface area contributed by atoms with E-state index < -0.39 is 0 Å². The molecule has 0 fully saturated rings. The third-order valence-corrected chi connectivity index (χ3v) is 2.88. The molecule has 0 atom stereocenters. The molecule has 17 heavy (non-hydrogen) atoms. The van der Waals surface area contributed by atoms with Gasteiger partial charge in [0.05, 0.1) is 0 Å². The van der Waals surface area contributed by atoms with E-state index in [1.165, 1.54) is 0 Å². The molecule has 1 aliphatic carbocycles. The summed E-state index contributed by atoms with van der Waals surface area (Å²) in [5.41, 5.74) is 2.27. The molecule has 0 amide bonds. The van der Waals surface area contributed by atoms with Crippen molar-refractivity contribution in [2.75, 3.05) is 0 Å². The van der Waals surface area contributed by atoms with Crippen LogP contribution < -0.4 is 0 Å². The smallest absolute Gasteiger partial charge is 0.181 e. The second-order valence-corrected chi connectivity index (χ2v) is 4.04. The molecule has 0 radical (unpaired) electrons. The van der Waals surface area contributed by atoms with Crippen LogP contribution in [0, 0.1) is 0 Å². The number of aromatic nitrogens is 2. The minimum atomic E-state index is 0.0856. The molecule has 4 nitrogen and oxygen atoms in total. The largest absolute Gasteiger partial charge is 0.508 e. The maximum atomic E-state index is 11.6. The van der Waals surface area contributed by atoms with Crippen LogP contribution in [-0.4, -0.2) is 20.9 Å². The summed E-state index contributed by atoms with van der Waals surface area (Å²) in [6.45, 7) is 0. The predicted molar refractivity (Wildman–Crippen MR) is 61.8 cm³/mol. The average molecular weight is 226 g/mol. The van der Waals surface area contributed by atoms with E-state index in [0.29, 0.717) is 17.9 Å². The predicted octanol–water partition coefficient (Wildman–Crippen LogP) is 1.98. The summed E-state index contributed by atoms with van der Waals surface area (Å²) in [6, 6.07) is 6.62. The fraction of sp³-hybridized carbons (Fsp3) is 0.154. The zero-order chi connectivity index (χ0) is 11.8. The standard InChI is InChI=1S/C13H10N2O2/c16-10-4-1-8(2-5-10)13-14-7-9-3-6-11(17)12(9)15-13/h1-2,4-5,7,16H,3,6H2. The first-order chi connectivity index (χ1) is 8.24. The minimum absolute atomic E-state index is 0.0856. The van der Waals surface area contributed by atoms with Crippen molar-refractivity contribution in [2.24, 2.45) is 0 Å². The molecule has 4 heteroatoms. The zero-order valence-electron chi connectivity index (χ0n) is 9.05. The molecule has 1 heterocycles. The monoisotopic (exact) mass is 226 g/mol. The number of phenolic OH excluding ortho intramolecular Hbond substituents is 1. The van der Waals surface area contributed by atoms with Gasteiger partial charge >= 0.3 is 0 Å². The van der Waals surface area contributed by atoms with Gasteiger partial charge in [-0.2, -0.15) is 0 Å². The molecule has 1 aromatic heterocycles. The van der Waals surface area contributed by atoms with Crippen LogP contribution in [0.1, 0.15) is 22.5 Å². The van der Waals surface area contributed by atoms with Crippen LogP contribution in [0.15, 0.2) is 30.5 Å². The van der Waals surface area contributed by atoms with Crippen LogP contribution in [0.3, 0.4) is 0 Å². The molecule has 0 unspecified atom stereocenters. The zero-order valence-corrected chi connectivity index (χ0v) is 9.05. The minimum Gasteiger partial charge on any atom is -0.508 e. The van der Waals surface area contributed by atoms with Gasteiger partial charge in [-0.3, -0.25) is 4.79 Å². The lowest BCUT2D eigenvalue weighted by molar-refractivity contribution is 0.0990. The molecule has 0 aliphatic heterocycles. The lowest BCUT2D eigenvalue weighted by atomic mass is 10.2. The van der Waals surface area contributed by atoms with Gasteiger partial charge in [-0.1, -0.05) is 0 Å². The van der Waals surface area contributed by atoms with Crippen molar-refractivity contribution < 1.29 is 9.90 Å². The molecule has 0 saturated carbocycles. The highest BCUT2D eigenvalue weighted by Crippen LogP contribution is 2.23. The second-order valence-electron chi connectivity index (χ2n) is 4.04. The summed E-state index contributed by atoms with van der Waals surface area (Å²) in [5.74, 6) is 0.812. The molecule has 3 rings (SSSR count). The summed E-state index contributed by atoms with van der Waals surface area (Å²) in [6.07, 6.45) is 2.99. The number of aryl methyl sites for hydroxylation is 1. The van der Waals surface area contributed by atoms with E-state index in [9.17, 15) is 9.90 Å². The number of rotatable bonds is 1. The third kappa shape index (κ3) is 1.67. The van der Waals surface area contributed by atoms with Crippen LogP contribution >= 0.6 is 0 Å². The maximum absolute atomic E-state index is 11.6. The Morgan fingerprint density at radius 1 is 1.12 bits per heavy atom. The summed E-state index contributed by atoms with van der Waals surface area (Å²) < 4.78 is 0. The highest BCUT2D eigenvalue weighted by atomic mass is 16.3. The van der Waals surface area contributed by atoms with E-state index >= 15 is 0 Å². The fourth-order valence-electron chi connectivity index (χ4n) is 1.95. The van der Waals surface area contributed by atoms with Gasteiger partial charge in [0.25, 0.3) is 0 Å². The molecule has 1 aliphatic rings. The van der Waals surface area contributed by atoms with Gasteiger partial charge in [0.1, 0.15) is 11.4 Å². The topological polar surface area (TPSA) is 63.1 Å². The highest BCUT2D eigenvalue weighted by Gasteiger charge is 2.22. The normalized spacial score (nSPS) is 13.8. The van der Waals surface area contributed by atoms with Crippen LogP contribution in [0.2, 0.25) is 0 Å². The quantitative estimate of drug-likeness (QED) is 0.807. The number of ketones is 1. The third-order valence-electron chi connectivity index (χ3n) is 2.88. The van der Waals surface area contributed by atoms with Crippen molar-refractivity contribution in [3.05, 3.63) is 41.7 Å². The van der Waals surface area contributed by atoms with Gasteiger partial charge in [0.2, 0.25) is 0 Å². The van der Waals surface area contributed by atoms with Crippen LogP contribution in [0.5, 0.6) is 5.75 Å². The Kier molecular flexibility index (Phi) is 2.14. The number of carbonyl (C=O) groups is 1. The Hall–Kier alpha value is -2.23. The molecule has 0 bridgehead atoms.